The smallest absolute Gasteiger partial charge is 0.220 e. The van der Waals surface area contributed by atoms with Gasteiger partial charge in [0.2, 0.25) is 5.91 Å². The molecular formula is C11H18N2O. The van der Waals surface area contributed by atoms with Crippen LogP contribution in [0.2, 0.25) is 0 Å². The first kappa shape index (κ1) is 9.71. The number of hydrogen-bond acceptors (Lipinski definition) is 2. The second kappa shape index (κ2) is 4.13. The Kier molecular flexibility index (Phi) is 2.87. The maximum atomic E-state index is 11.5. The maximum Gasteiger partial charge on any atom is 0.220 e. The van der Waals surface area contributed by atoms with Crippen molar-refractivity contribution in [2.75, 3.05) is 0 Å². The molecule has 3 N–H and O–H groups in total. The van der Waals surface area contributed by atoms with Gasteiger partial charge < -0.3 is 11.1 Å². The van der Waals surface area contributed by atoms with Gasteiger partial charge in [0.25, 0.3) is 0 Å². The fourth-order valence-corrected chi connectivity index (χ4v) is 2.17. The minimum atomic E-state index is 0.193. The van der Waals surface area contributed by atoms with E-state index >= 15 is 0 Å². The molecule has 1 amide bonds. The van der Waals surface area contributed by atoms with E-state index in [-0.39, 0.29) is 5.91 Å². The summed E-state index contributed by atoms with van der Waals surface area (Å²) in [6.45, 7) is 0. The monoisotopic (exact) mass is 194 g/mol. The third kappa shape index (κ3) is 2.35. The number of nitrogens with two attached hydrogens (primary N) is 1. The van der Waals surface area contributed by atoms with Crippen LogP contribution in [0.4, 0.5) is 0 Å². The predicted molar refractivity (Wildman–Crippen MR) is 55.6 cm³/mol. The Morgan fingerprint density at radius 2 is 2.29 bits per heavy atom. The van der Waals surface area contributed by atoms with Gasteiger partial charge in [-0.3, -0.25) is 4.79 Å². The van der Waals surface area contributed by atoms with E-state index in [0.29, 0.717) is 24.4 Å². The Hall–Kier alpha value is -0.830. The van der Waals surface area contributed by atoms with Crippen LogP contribution in [0.5, 0.6) is 0 Å². The summed E-state index contributed by atoms with van der Waals surface area (Å²) in [5.74, 6) is 0.669. The lowest BCUT2D eigenvalue weighted by Crippen LogP contribution is -2.50. The van der Waals surface area contributed by atoms with E-state index in [9.17, 15) is 4.79 Å². The molecule has 3 heteroatoms. The first-order valence-electron chi connectivity index (χ1n) is 5.45. The summed E-state index contributed by atoms with van der Waals surface area (Å²) in [5, 5.41) is 3.02. The molecule has 0 aromatic heterocycles. The number of amides is 1. The van der Waals surface area contributed by atoms with Crippen molar-refractivity contribution in [3.05, 3.63) is 12.2 Å². The Morgan fingerprint density at radius 3 is 2.86 bits per heavy atom. The van der Waals surface area contributed by atoms with Crippen molar-refractivity contribution in [2.24, 2.45) is 11.7 Å². The lowest BCUT2D eigenvalue weighted by molar-refractivity contribution is -0.123. The first-order valence-corrected chi connectivity index (χ1v) is 5.45. The van der Waals surface area contributed by atoms with Crippen LogP contribution in [0.3, 0.4) is 0 Å². The third-order valence-corrected chi connectivity index (χ3v) is 3.10. The average Bonchev–Trinajstić information content (AvgIpc) is 2.54. The molecule has 14 heavy (non-hydrogen) atoms. The summed E-state index contributed by atoms with van der Waals surface area (Å²) in [6, 6.07) is 0.662. The molecule has 0 spiro atoms. The van der Waals surface area contributed by atoms with E-state index in [1.807, 2.05) is 0 Å². The Bertz CT molecular complexity index is 244. The number of nitrogens with one attached hydrogen (secondary N) is 1. The number of allylic oxidation sites excluding steroid dienone is 2. The zero-order chi connectivity index (χ0) is 9.97. The minimum absolute atomic E-state index is 0.193. The highest BCUT2D eigenvalue weighted by Crippen LogP contribution is 2.21. The third-order valence-electron chi connectivity index (χ3n) is 3.10. The zero-order valence-electron chi connectivity index (χ0n) is 8.41. The van der Waals surface area contributed by atoms with Gasteiger partial charge in [-0.25, -0.2) is 0 Å². The molecule has 1 fully saturated rings. The number of carbonyl (C=O) groups is 1. The van der Waals surface area contributed by atoms with E-state index in [1.165, 1.54) is 0 Å². The molecule has 2 rings (SSSR count). The fourth-order valence-electron chi connectivity index (χ4n) is 2.17. The summed E-state index contributed by atoms with van der Waals surface area (Å²) in [5.41, 5.74) is 5.65. The van der Waals surface area contributed by atoms with Crippen molar-refractivity contribution in [1.82, 2.24) is 5.32 Å². The van der Waals surface area contributed by atoms with Gasteiger partial charge in [0, 0.05) is 18.5 Å². The maximum absolute atomic E-state index is 11.5. The van der Waals surface area contributed by atoms with Crippen molar-refractivity contribution in [3.63, 3.8) is 0 Å². The van der Waals surface area contributed by atoms with Crippen LogP contribution in [-0.2, 0) is 4.79 Å². The van der Waals surface area contributed by atoms with Gasteiger partial charge in [-0.2, -0.15) is 0 Å². The standard InChI is InChI=1S/C11H18N2O/c12-9-6-10(7-9)13-11(14)5-8-3-1-2-4-8/h1,3,8-10H,2,4-7,12H2,(H,13,14). The molecule has 1 atom stereocenters. The van der Waals surface area contributed by atoms with Crippen molar-refractivity contribution in [3.8, 4) is 0 Å². The molecule has 2 aliphatic carbocycles. The van der Waals surface area contributed by atoms with Gasteiger partial charge >= 0.3 is 0 Å². The summed E-state index contributed by atoms with van der Waals surface area (Å²) >= 11 is 0. The molecule has 78 valence electrons. The van der Waals surface area contributed by atoms with Crippen LogP contribution in [0.1, 0.15) is 32.1 Å². The van der Waals surface area contributed by atoms with Gasteiger partial charge in [0.1, 0.15) is 0 Å². The first-order chi connectivity index (χ1) is 6.74. The second-order valence-corrected chi connectivity index (χ2v) is 4.47. The van der Waals surface area contributed by atoms with E-state index in [4.69, 9.17) is 5.73 Å². The fraction of sp³-hybridized carbons (Fsp3) is 0.727. The molecule has 0 aliphatic heterocycles. The molecular weight excluding hydrogens is 176 g/mol. The van der Waals surface area contributed by atoms with Crippen molar-refractivity contribution in [1.29, 1.82) is 0 Å². The lowest BCUT2D eigenvalue weighted by atomic mass is 9.87. The molecule has 1 saturated carbocycles. The zero-order valence-corrected chi connectivity index (χ0v) is 8.41. The van der Waals surface area contributed by atoms with Gasteiger partial charge in [-0.05, 0) is 31.6 Å². The molecule has 2 aliphatic rings. The van der Waals surface area contributed by atoms with E-state index < -0.39 is 0 Å². The van der Waals surface area contributed by atoms with Crippen LogP contribution in [0.15, 0.2) is 12.2 Å². The molecule has 0 bridgehead atoms. The number of carbonyl (C=O) groups excluding carboxylic acids is 1. The molecule has 1 unspecified atom stereocenters. The molecule has 0 radical (unpaired) electrons. The van der Waals surface area contributed by atoms with Crippen molar-refractivity contribution < 1.29 is 4.79 Å². The quantitative estimate of drug-likeness (QED) is 0.657. The van der Waals surface area contributed by atoms with E-state index in [0.717, 1.165) is 25.7 Å². The highest BCUT2D eigenvalue weighted by molar-refractivity contribution is 5.76. The largest absolute Gasteiger partial charge is 0.353 e. The van der Waals surface area contributed by atoms with Gasteiger partial charge in [0.05, 0.1) is 0 Å². The average molecular weight is 194 g/mol. The SMILES string of the molecule is NC1CC(NC(=O)CC2C=CCC2)C1. The predicted octanol–water partition coefficient (Wildman–Crippen LogP) is 0.949. The molecule has 0 aromatic carbocycles. The summed E-state index contributed by atoms with van der Waals surface area (Å²) in [7, 11) is 0. The van der Waals surface area contributed by atoms with Crippen LogP contribution >= 0.6 is 0 Å². The van der Waals surface area contributed by atoms with Gasteiger partial charge in [-0.1, -0.05) is 12.2 Å². The molecule has 3 nitrogen and oxygen atoms in total. The number of rotatable bonds is 3. The summed E-state index contributed by atoms with van der Waals surface area (Å²) in [6.07, 6.45) is 9.15. The van der Waals surface area contributed by atoms with Crippen molar-refractivity contribution in [2.45, 2.75) is 44.2 Å². The molecule has 0 aromatic rings. The van der Waals surface area contributed by atoms with Crippen LogP contribution in [0, 0.1) is 5.92 Å². The Labute approximate surface area is 84.7 Å². The van der Waals surface area contributed by atoms with E-state index in [2.05, 4.69) is 17.5 Å². The normalized spacial score (nSPS) is 35.4. The molecule has 0 saturated heterocycles. The minimum Gasteiger partial charge on any atom is -0.353 e. The number of hydrogen-bond donors (Lipinski definition) is 2. The summed E-state index contributed by atoms with van der Waals surface area (Å²) in [4.78, 5) is 11.5. The Morgan fingerprint density at radius 1 is 1.50 bits per heavy atom. The molecule has 0 heterocycles. The van der Waals surface area contributed by atoms with Crippen molar-refractivity contribution >= 4 is 5.91 Å². The van der Waals surface area contributed by atoms with Crippen LogP contribution in [-0.4, -0.2) is 18.0 Å². The second-order valence-electron chi connectivity index (χ2n) is 4.47. The lowest BCUT2D eigenvalue weighted by Gasteiger charge is -2.33. The topological polar surface area (TPSA) is 55.1 Å². The highest BCUT2D eigenvalue weighted by Gasteiger charge is 2.27. The van der Waals surface area contributed by atoms with Crippen LogP contribution < -0.4 is 11.1 Å². The van der Waals surface area contributed by atoms with Crippen LogP contribution in [0.25, 0.3) is 0 Å². The summed E-state index contributed by atoms with van der Waals surface area (Å²) < 4.78 is 0. The van der Waals surface area contributed by atoms with E-state index in [1.54, 1.807) is 0 Å². The van der Waals surface area contributed by atoms with Gasteiger partial charge in [0.15, 0.2) is 0 Å². The Balaban J connectivity index is 1.66. The highest BCUT2D eigenvalue weighted by atomic mass is 16.1. The van der Waals surface area contributed by atoms with Gasteiger partial charge in [-0.15, -0.1) is 0 Å².